The number of benzene rings is 1. The first-order chi connectivity index (χ1) is 8.61. The van der Waals surface area contributed by atoms with Crippen LogP contribution in [0.4, 0.5) is 0 Å². The molecule has 0 amide bonds. The predicted molar refractivity (Wildman–Crippen MR) is 70.9 cm³/mol. The lowest BCUT2D eigenvalue weighted by Gasteiger charge is -2.22. The molecule has 2 rings (SSSR count). The molecular formula is C14H19N3O. The Bertz CT molecular complexity index is 493. The van der Waals surface area contributed by atoms with E-state index in [1.54, 1.807) is 12.5 Å². The molecule has 2 atom stereocenters. The highest BCUT2D eigenvalue weighted by molar-refractivity contribution is 5.22. The number of imidazole rings is 1. The summed E-state index contributed by atoms with van der Waals surface area (Å²) in [5, 5.41) is 10.4. The van der Waals surface area contributed by atoms with E-state index >= 15 is 0 Å². The Balaban J connectivity index is 2.26. The number of hydrogen-bond acceptors (Lipinski definition) is 3. The first-order valence-corrected chi connectivity index (χ1v) is 6.11. The molecule has 0 saturated carbocycles. The Hall–Kier alpha value is -1.65. The predicted octanol–water partition coefficient (Wildman–Crippen LogP) is 2.20. The molecule has 3 N–H and O–H groups in total. The van der Waals surface area contributed by atoms with E-state index in [4.69, 9.17) is 5.73 Å². The lowest BCUT2D eigenvalue weighted by molar-refractivity contribution is 0.136. The molecule has 4 nitrogen and oxygen atoms in total. The Labute approximate surface area is 107 Å². The molecule has 2 unspecified atom stereocenters. The van der Waals surface area contributed by atoms with Crippen molar-refractivity contribution in [3.8, 4) is 0 Å². The fourth-order valence-corrected chi connectivity index (χ4v) is 2.02. The van der Waals surface area contributed by atoms with Gasteiger partial charge in [0.05, 0.1) is 24.3 Å². The van der Waals surface area contributed by atoms with Crippen molar-refractivity contribution in [3.05, 3.63) is 54.1 Å². The maximum Gasteiger partial charge on any atom is 0.115 e. The van der Waals surface area contributed by atoms with E-state index in [2.05, 4.69) is 4.98 Å². The number of aromatic nitrogens is 2. The van der Waals surface area contributed by atoms with Crippen LogP contribution in [0.15, 0.2) is 42.9 Å². The molecule has 0 radical (unpaired) electrons. The van der Waals surface area contributed by atoms with Gasteiger partial charge in [0.2, 0.25) is 0 Å². The lowest BCUT2D eigenvalue weighted by Crippen LogP contribution is -2.22. The van der Waals surface area contributed by atoms with Crippen molar-refractivity contribution in [2.45, 2.75) is 32.0 Å². The number of aliphatic hydroxyl groups is 1. The first kappa shape index (κ1) is 12.8. The second-order valence-corrected chi connectivity index (χ2v) is 4.70. The minimum absolute atomic E-state index is 0.250. The second-order valence-electron chi connectivity index (χ2n) is 4.70. The van der Waals surface area contributed by atoms with Gasteiger partial charge >= 0.3 is 0 Å². The zero-order valence-corrected chi connectivity index (χ0v) is 10.7. The number of nitrogens with two attached hydrogens (primary N) is 1. The van der Waals surface area contributed by atoms with Crippen molar-refractivity contribution in [1.29, 1.82) is 0 Å². The zero-order valence-electron chi connectivity index (χ0n) is 10.7. The van der Waals surface area contributed by atoms with Gasteiger partial charge in [-0.05, 0) is 19.4 Å². The van der Waals surface area contributed by atoms with Crippen LogP contribution < -0.4 is 5.73 Å². The van der Waals surface area contributed by atoms with Crippen LogP contribution >= 0.6 is 0 Å². The maximum absolute atomic E-state index is 10.4. The van der Waals surface area contributed by atoms with Crippen LogP contribution in [0.1, 0.15) is 43.3 Å². The van der Waals surface area contributed by atoms with Crippen LogP contribution in [0.2, 0.25) is 0 Å². The van der Waals surface area contributed by atoms with Crippen molar-refractivity contribution < 1.29 is 5.11 Å². The number of aliphatic hydroxyl groups excluding tert-OH is 1. The largest absolute Gasteiger partial charge is 0.385 e. The van der Waals surface area contributed by atoms with Gasteiger partial charge in [-0.1, -0.05) is 30.3 Å². The molecule has 0 saturated heterocycles. The van der Waals surface area contributed by atoms with Crippen LogP contribution in [-0.2, 0) is 0 Å². The average Bonchev–Trinajstić information content (AvgIpc) is 2.87. The number of nitrogens with zero attached hydrogens (tertiary/aromatic N) is 2. The van der Waals surface area contributed by atoms with Crippen molar-refractivity contribution in [2.75, 3.05) is 0 Å². The van der Waals surface area contributed by atoms with Gasteiger partial charge in [-0.2, -0.15) is 0 Å². The summed E-state index contributed by atoms with van der Waals surface area (Å²) in [5.74, 6) is 0. The van der Waals surface area contributed by atoms with Gasteiger partial charge in [0.15, 0.2) is 0 Å². The summed E-state index contributed by atoms with van der Waals surface area (Å²) >= 11 is 0. The highest BCUT2D eigenvalue weighted by atomic mass is 16.3. The molecule has 0 aliphatic rings. The van der Waals surface area contributed by atoms with Crippen LogP contribution in [0.3, 0.4) is 0 Å². The maximum atomic E-state index is 10.4. The van der Waals surface area contributed by atoms with E-state index in [9.17, 15) is 5.11 Å². The fourth-order valence-electron chi connectivity index (χ4n) is 2.02. The quantitative estimate of drug-likeness (QED) is 0.868. The standard InChI is InChI=1S/C14H19N3O/c1-10(2)17-9-16-8-12(17)14(18)13(15)11-6-4-3-5-7-11/h3-10,13-14,18H,15H2,1-2H3. The van der Waals surface area contributed by atoms with Gasteiger partial charge in [0.25, 0.3) is 0 Å². The van der Waals surface area contributed by atoms with E-state index in [0.29, 0.717) is 0 Å². The molecule has 18 heavy (non-hydrogen) atoms. The van der Waals surface area contributed by atoms with E-state index in [-0.39, 0.29) is 6.04 Å². The average molecular weight is 245 g/mol. The van der Waals surface area contributed by atoms with E-state index in [1.807, 2.05) is 48.7 Å². The fraction of sp³-hybridized carbons (Fsp3) is 0.357. The van der Waals surface area contributed by atoms with Gasteiger partial charge in [0.1, 0.15) is 6.10 Å². The van der Waals surface area contributed by atoms with Crippen molar-refractivity contribution >= 4 is 0 Å². The topological polar surface area (TPSA) is 64.1 Å². The van der Waals surface area contributed by atoms with Gasteiger partial charge in [-0.15, -0.1) is 0 Å². The Morgan fingerprint density at radius 2 is 1.89 bits per heavy atom. The molecule has 1 heterocycles. The number of rotatable bonds is 4. The van der Waals surface area contributed by atoms with Crippen LogP contribution in [-0.4, -0.2) is 14.7 Å². The normalized spacial score (nSPS) is 14.7. The summed E-state index contributed by atoms with van der Waals surface area (Å²) in [6, 6.07) is 9.42. The molecule has 0 aliphatic heterocycles. The smallest absolute Gasteiger partial charge is 0.115 e. The summed E-state index contributed by atoms with van der Waals surface area (Å²) in [7, 11) is 0. The Kier molecular flexibility index (Phi) is 3.79. The molecule has 4 heteroatoms. The van der Waals surface area contributed by atoms with E-state index in [1.165, 1.54) is 0 Å². The van der Waals surface area contributed by atoms with Gasteiger partial charge in [0, 0.05) is 6.04 Å². The summed E-state index contributed by atoms with van der Waals surface area (Å²) in [6.45, 7) is 4.10. The van der Waals surface area contributed by atoms with Gasteiger partial charge in [-0.3, -0.25) is 0 Å². The molecule has 0 spiro atoms. The van der Waals surface area contributed by atoms with Crippen LogP contribution in [0.5, 0.6) is 0 Å². The number of hydrogen-bond donors (Lipinski definition) is 2. The van der Waals surface area contributed by atoms with Crippen molar-refractivity contribution in [3.63, 3.8) is 0 Å². The summed E-state index contributed by atoms with van der Waals surface area (Å²) in [6.07, 6.45) is 2.64. The molecule has 1 aromatic heterocycles. The highest BCUT2D eigenvalue weighted by Gasteiger charge is 2.22. The minimum Gasteiger partial charge on any atom is -0.385 e. The molecule has 2 aromatic rings. The van der Waals surface area contributed by atoms with Crippen molar-refractivity contribution in [1.82, 2.24) is 9.55 Å². The van der Waals surface area contributed by atoms with Crippen molar-refractivity contribution in [2.24, 2.45) is 5.73 Å². The first-order valence-electron chi connectivity index (χ1n) is 6.11. The Morgan fingerprint density at radius 3 is 2.50 bits per heavy atom. The highest BCUT2D eigenvalue weighted by Crippen LogP contribution is 2.27. The SMILES string of the molecule is CC(C)n1cncc1C(O)C(N)c1ccccc1. The summed E-state index contributed by atoms with van der Waals surface area (Å²) in [4.78, 5) is 4.09. The Morgan fingerprint density at radius 1 is 1.22 bits per heavy atom. The van der Waals surface area contributed by atoms with E-state index < -0.39 is 12.1 Å². The monoisotopic (exact) mass is 245 g/mol. The second kappa shape index (κ2) is 5.33. The third kappa shape index (κ3) is 2.44. The molecule has 1 aromatic carbocycles. The molecular weight excluding hydrogens is 226 g/mol. The molecule has 96 valence electrons. The van der Waals surface area contributed by atoms with Crippen LogP contribution in [0.25, 0.3) is 0 Å². The summed E-state index contributed by atoms with van der Waals surface area (Å²) < 4.78 is 1.94. The molecule has 0 aliphatic carbocycles. The minimum atomic E-state index is -0.753. The van der Waals surface area contributed by atoms with Gasteiger partial charge < -0.3 is 15.4 Å². The molecule has 0 bridgehead atoms. The van der Waals surface area contributed by atoms with Crippen LogP contribution in [0, 0.1) is 0 Å². The van der Waals surface area contributed by atoms with Gasteiger partial charge in [-0.25, -0.2) is 4.98 Å². The lowest BCUT2D eigenvalue weighted by atomic mass is 10.0. The third-order valence-corrected chi connectivity index (χ3v) is 3.08. The third-order valence-electron chi connectivity index (χ3n) is 3.08. The molecule has 0 fully saturated rings. The summed E-state index contributed by atoms with van der Waals surface area (Å²) in [5.41, 5.74) is 7.78. The van der Waals surface area contributed by atoms with E-state index in [0.717, 1.165) is 11.3 Å². The zero-order chi connectivity index (χ0) is 13.1.